The van der Waals surface area contributed by atoms with Gasteiger partial charge in [0.15, 0.2) is 0 Å². The normalized spacial score (nSPS) is 11.7. The topological polar surface area (TPSA) is 55.5 Å². The zero-order valence-corrected chi connectivity index (χ0v) is 9.88. The number of rotatable bonds is 4. The summed E-state index contributed by atoms with van der Waals surface area (Å²) in [6.45, 7) is 2.09. The lowest BCUT2D eigenvalue weighted by Crippen LogP contribution is -2.12. The van der Waals surface area contributed by atoms with Crippen LogP contribution in [0.1, 0.15) is 23.6 Å². The third kappa shape index (κ3) is 3.70. The van der Waals surface area contributed by atoms with Gasteiger partial charge in [-0.1, -0.05) is 12.1 Å². The number of benzene rings is 1. The largest absolute Gasteiger partial charge is 0.496 e. The van der Waals surface area contributed by atoms with E-state index in [4.69, 9.17) is 15.6 Å². The van der Waals surface area contributed by atoms with Crippen molar-refractivity contribution in [1.82, 2.24) is 0 Å². The van der Waals surface area contributed by atoms with Gasteiger partial charge in [-0.25, -0.2) is 0 Å². The van der Waals surface area contributed by atoms with Crippen LogP contribution in [0.3, 0.4) is 0 Å². The second-order valence-electron chi connectivity index (χ2n) is 3.35. The zero-order chi connectivity index (χ0) is 10.6. The average Bonchev–Trinajstić information content (AvgIpc) is 2.19. The average molecular weight is 232 g/mol. The van der Waals surface area contributed by atoms with Gasteiger partial charge in [-0.2, -0.15) is 0 Å². The molecule has 1 aromatic carbocycles. The van der Waals surface area contributed by atoms with Crippen LogP contribution in [0, 0.1) is 6.92 Å². The Morgan fingerprint density at radius 2 is 2.13 bits per heavy atom. The summed E-state index contributed by atoms with van der Waals surface area (Å²) >= 11 is 0. The van der Waals surface area contributed by atoms with Crippen molar-refractivity contribution < 1.29 is 9.84 Å². The molecule has 0 heterocycles. The lowest BCUT2D eigenvalue weighted by molar-refractivity contribution is 0.276. The molecule has 3 N–H and O–H groups in total. The van der Waals surface area contributed by atoms with Crippen molar-refractivity contribution in [3.8, 4) is 5.75 Å². The molecule has 0 fully saturated rings. The zero-order valence-electron chi connectivity index (χ0n) is 9.06. The molecule has 1 rings (SSSR count). The second kappa shape index (κ2) is 6.67. The van der Waals surface area contributed by atoms with Gasteiger partial charge in [0.25, 0.3) is 0 Å². The molecular formula is C11H18ClNO2. The lowest BCUT2D eigenvalue weighted by atomic mass is 10.0. The predicted octanol–water partition coefficient (Wildman–Crippen LogP) is 1.81. The summed E-state index contributed by atoms with van der Waals surface area (Å²) in [6.07, 6.45) is 0.576. The molecule has 0 amide bonds. The number of methoxy groups -OCH3 is 1. The fraction of sp³-hybridized carbons (Fsp3) is 0.455. The molecule has 15 heavy (non-hydrogen) atoms. The van der Waals surface area contributed by atoms with Crippen molar-refractivity contribution in [3.63, 3.8) is 0 Å². The maximum absolute atomic E-state index is 8.77. The van der Waals surface area contributed by atoms with Gasteiger partial charge < -0.3 is 15.6 Å². The first-order chi connectivity index (χ1) is 6.69. The molecule has 0 aliphatic carbocycles. The fourth-order valence-electron chi connectivity index (χ4n) is 1.37. The maximum atomic E-state index is 8.77. The van der Waals surface area contributed by atoms with Gasteiger partial charge in [0, 0.05) is 12.6 Å². The van der Waals surface area contributed by atoms with Crippen LogP contribution in [0.4, 0.5) is 0 Å². The first-order valence-corrected chi connectivity index (χ1v) is 4.70. The van der Waals surface area contributed by atoms with E-state index in [-0.39, 0.29) is 25.1 Å². The highest BCUT2D eigenvalue weighted by molar-refractivity contribution is 5.85. The molecule has 0 saturated heterocycles. The summed E-state index contributed by atoms with van der Waals surface area (Å²) in [5.74, 6) is 0.843. The Kier molecular flexibility index (Phi) is 6.32. The second-order valence-corrected chi connectivity index (χ2v) is 3.35. The molecule has 0 spiro atoms. The minimum absolute atomic E-state index is 0. The van der Waals surface area contributed by atoms with E-state index < -0.39 is 0 Å². The summed E-state index contributed by atoms with van der Waals surface area (Å²) in [4.78, 5) is 0. The first kappa shape index (κ1) is 14.2. The molecule has 0 saturated carbocycles. The van der Waals surface area contributed by atoms with E-state index >= 15 is 0 Å². The molecule has 4 heteroatoms. The number of aliphatic hydroxyl groups excluding tert-OH is 1. The third-order valence-corrected chi connectivity index (χ3v) is 2.30. The predicted molar refractivity (Wildman–Crippen MR) is 63.6 cm³/mol. The van der Waals surface area contributed by atoms with E-state index in [0.717, 1.165) is 16.9 Å². The Bertz CT molecular complexity index is 305. The smallest absolute Gasteiger partial charge is 0.122 e. The number of nitrogens with two attached hydrogens (primary N) is 1. The minimum Gasteiger partial charge on any atom is -0.496 e. The molecule has 86 valence electrons. The van der Waals surface area contributed by atoms with Gasteiger partial charge in [-0.3, -0.25) is 0 Å². The molecule has 1 aromatic rings. The summed E-state index contributed by atoms with van der Waals surface area (Å²) in [5, 5.41) is 8.77. The molecule has 0 aliphatic heterocycles. The fourth-order valence-corrected chi connectivity index (χ4v) is 1.37. The number of halogens is 1. The van der Waals surface area contributed by atoms with Gasteiger partial charge >= 0.3 is 0 Å². The molecule has 0 aliphatic rings. The van der Waals surface area contributed by atoms with Crippen molar-refractivity contribution in [1.29, 1.82) is 0 Å². The van der Waals surface area contributed by atoms with E-state index in [9.17, 15) is 0 Å². The lowest BCUT2D eigenvalue weighted by Gasteiger charge is -2.13. The van der Waals surface area contributed by atoms with E-state index in [1.54, 1.807) is 7.11 Å². The SMILES string of the molecule is COc1cc([C@H](N)CCO)ccc1C.Cl. The summed E-state index contributed by atoms with van der Waals surface area (Å²) < 4.78 is 5.20. The number of aliphatic hydroxyl groups is 1. The monoisotopic (exact) mass is 231 g/mol. The quantitative estimate of drug-likeness (QED) is 0.831. The van der Waals surface area contributed by atoms with E-state index in [1.807, 2.05) is 25.1 Å². The van der Waals surface area contributed by atoms with Gasteiger partial charge in [-0.15, -0.1) is 12.4 Å². The Morgan fingerprint density at radius 1 is 1.47 bits per heavy atom. The standard InChI is InChI=1S/C11H17NO2.ClH/c1-8-3-4-9(7-11(8)14-2)10(12)5-6-13;/h3-4,7,10,13H,5-6,12H2,1-2H3;1H/t10-;/m1./s1. The molecule has 3 nitrogen and oxygen atoms in total. The van der Waals surface area contributed by atoms with Crippen LogP contribution in [0.15, 0.2) is 18.2 Å². The summed E-state index contributed by atoms with van der Waals surface area (Å²) in [5.41, 5.74) is 7.96. The van der Waals surface area contributed by atoms with Gasteiger partial charge in [0.2, 0.25) is 0 Å². The number of ether oxygens (including phenoxy) is 1. The van der Waals surface area contributed by atoms with Gasteiger partial charge in [0.05, 0.1) is 7.11 Å². The van der Waals surface area contributed by atoms with E-state index in [2.05, 4.69) is 0 Å². The van der Waals surface area contributed by atoms with Crippen LogP contribution in [0.2, 0.25) is 0 Å². The van der Waals surface area contributed by atoms with Crippen LogP contribution < -0.4 is 10.5 Å². The highest BCUT2D eigenvalue weighted by Crippen LogP contribution is 2.23. The van der Waals surface area contributed by atoms with Crippen molar-refractivity contribution >= 4 is 12.4 Å². The number of hydrogen-bond acceptors (Lipinski definition) is 3. The van der Waals surface area contributed by atoms with Crippen molar-refractivity contribution in [3.05, 3.63) is 29.3 Å². The molecular weight excluding hydrogens is 214 g/mol. The Morgan fingerprint density at radius 3 is 2.67 bits per heavy atom. The van der Waals surface area contributed by atoms with Crippen LogP contribution in [0.5, 0.6) is 5.75 Å². The van der Waals surface area contributed by atoms with E-state index in [1.165, 1.54) is 0 Å². The summed E-state index contributed by atoms with van der Waals surface area (Å²) in [7, 11) is 1.64. The van der Waals surface area contributed by atoms with E-state index in [0.29, 0.717) is 6.42 Å². The van der Waals surface area contributed by atoms with Crippen molar-refractivity contribution in [2.75, 3.05) is 13.7 Å². The molecule has 1 atom stereocenters. The van der Waals surface area contributed by atoms with Crippen LogP contribution in [-0.2, 0) is 0 Å². The molecule has 0 bridgehead atoms. The van der Waals surface area contributed by atoms with Crippen LogP contribution in [0.25, 0.3) is 0 Å². The first-order valence-electron chi connectivity index (χ1n) is 4.70. The Labute approximate surface area is 96.7 Å². The Hall–Kier alpha value is -0.770. The van der Waals surface area contributed by atoms with Crippen molar-refractivity contribution in [2.24, 2.45) is 5.73 Å². The number of aryl methyl sites for hydroxylation is 1. The highest BCUT2D eigenvalue weighted by Gasteiger charge is 2.07. The third-order valence-electron chi connectivity index (χ3n) is 2.30. The molecule has 0 aromatic heterocycles. The maximum Gasteiger partial charge on any atom is 0.122 e. The molecule has 0 unspecified atom stereocenters. The van der Waals surface area contributed by atoms with Crippen LogP contribution in [-0.4, -0.2) is 18.8 Å². The van der Waals surface area contributed by atoms with Gasteiger partial charge in [-0.05, 0) is 30.5 Å². The number of hydrogen-bond donors (Lipinski definition) is 2. The van der Waals surface area contributed by atoms with Gasteiger partial charge in [0.1, 0.15) is 5.75 Å². The van der Waals surface area contributed by atoms with Crippen LogP contribution >= 0.6 is 12.4 Å². The molecule has 0 radical (unpaired) electrons. The summed E-state index contributed by atoms with van der Waals surface area (Å²) in [6, 6.07) is 5.76. The highest BCUT2D eigenvalue weighted by atomic mass is 35.5. The Balaban J connectivity index is 0.00000196. The van der Waals surface area contributed by atoms with Crippen molar-refractivity contribution in [2.45, 2.75) is 19.4 Å². The minimum atomic E-state index is -0.116.